The Morgan fingerprint density at radius 2 is 1.77 bits per heavy atom. The van der Waals surface area contributed by atoms with Crippen LogP contribution in [0.2, 0.25) is 0 Å². The van der Waals surface area contributed by atoms with E-state index in [1.54, 1.807) is 0 Å². The molecule has 0 saturated heterocycles. The maximum absolute atomic E-state index is 13.4. The topological polar surface area (TPSA) is 72.5 Å². The van der Waals surface area contributed by atoms with E-state index in [2.05, 4.69) is 9.50 Å². The van der Waals surface area contributed by atoms with E-state index in [0.717, 1.165) is 0 Å². The molecule has 2 aromatic rings. The van der Waals surface area contributed by atoms with Crippen molar-refractivity contribution in [1.29, 1.82) is 0 Å². The molecule has 0 saturated carbocycles. The number of carbonyl (C=O) groups excluding carboxylic acids is 1. The molecular weight excluding hydrogens is 316 g/mol. The van der Waals surface area contributed by atoms with Gasteiger partial charge in [-0.2, -0.15) is 8.42 Å². The van der Waals surface area contributed by atoms with Crippen molar-refractivity contribution < 1.29 is 25.7 Å². The Hall–Kier alpha value is -2.48. The van der Waals surface area contributed by atoms with Crippen LogP contribution < -0.4 is 9.50 Å². The number of anilines is 1. The molecule has 8 heteroatoms. The molecule has 0 fully saturated rings. The van der Waals surface area contributed by atoms with Gasteiger partial charge in [-0.15, -0.1) is 0 Å². The van der Waals surface area contributed by atoms with Crippen molar-refractivity contribution in [3.63, 3.8) is 0 Å². The second kappa shape index (κ2) is 6.10. The molecule has 0 heterocycles. The molecule has 2 rings (SSSR count). The van der Waals surface area contributed by atoms with Crippen molar-refractivity contribution in [2.45, 2.75) is 6.92 Å². The summed E-state index contributed by atoms with van der Waals surface area (Å²) in [4.78, 5) is 12.0. The highest BCUT2D eigenvalue weighted by Crippen LogP contribution is 2.19. The van der Waals surface area contributed by atoms with Crippen molar-refractivity contribution >= 4 is 22.1 Å². The number of hydrogen-bond donors (Lipinski definition) is 1. The molecule has 1 N–H and O–H groups in total. The van der Waals surface area contributed by atoms with Gasteiger partial charge in [0.05, 0.1) is 0 Å². The van der Waals surface area contributed by atoms with Gasteiger partial charge in [0.15, 0.2) is 0 Å². The Balaban J connectivity index is 2.14. The summed E-state index contributed by atoms with van der Waals surface area (Å²) < 4.78 is 50.4. The van der Waals surface area contributed by atoms with Gasteiger partial charge in [-0.3, -0.25) is 4.79 Å². The maximum atomic E-state index is 13.4. The van der Waals surface area contributed by atoms with Gasteiger partial charge < -0.3 is 9.50 Å². The zero-order chi connectivity index (χ0) is 16.3. The van der Waals surface area contributed by atoms with Gasteiger partial charge in [-0.1, -0.05) is 9.95 Å². The van der Waals surface area contributed by atoms with E-state index in [-0.39, 0.29) is 16.9 Å². The molecule has 22 heavy (non-hydrogen) atoms. The number of rotatable bonds is 4. The van der Waals surface area contributed by atoms with Gasteiger partial charge >= 0.3 is 10.5 Å². The number of nitrogens with one attached hydrogen (secondary N) is 1. The lowest BCUT2D eigenvalue weighted by molar-refractivity contribution is 0.102. The summed E-state index contributed by atoms with van der Waals surface area (Å²) in [5.41, 5.74) is 0.701. The predicted molar refractivity (Wildman–Crippen MR) is 76.2 cm³/mol. The SMILES string of the molecule is Cc1c(F)cccc1C(=O)Nc1ccc(OS(=O)(=O)F)cc1. The third-order valence-electron chi connectivity index (χ3n) is 2.82. The lowest BCUT2D eigenvalue weighted by Crippen LogP contribution is -2.14. The van der Waals surface area contributed by atoms with E-state index in [9.17, 15) is 21.5 Å². The van der Waals surface area contributed by atoms with E-state index in [1.807, 2.05) is 0 Å². The first-order valence-corrected chi connectivity index (χ1v) is 7.38. The fourth-order valence-electron chi connectivity index (χ4n) is 1.76. The number of carbonyl (C=O) groups is 1. The molecule has 1 amide bonds. The molecule has 2 aromatic carbocycles. The first kappa shape index (κ1) is 15.9. The van der Waals surface area contributed by atoms with Crippen molar-refractivity contribution in [3.05, 3.63) is 59.4 Å². The van der Waals surface area contributed by atoms with Crippen LogP contribution in [0.5, 0.6) is 5.75 Å². The zero-order valence-electron chi connectivity index (χ0n) is 11.3. The maximum Gasteiger partial charge on any atom is 0.488 e. The van der Waals surface area contributed by atoms with Gasteiger partial charge in [0.25, 0.3) is 5.91 Å². The van der Waals surface area contributed by atoms with Gasteiger partial charge in [0.1, 0.15) is 11.6 Å². The highest BCUT2D eigenvalue weighted by Gasteiger charge is 2.13. The fourth-order valence-corrected chi connectivity index (χ4v) is 2.10. The van der Waals surface area contributed by atoms with Crippen LogP contribution in [0.1, 0.15) is 15.9 Å². The second-order valence-corrected chi connectivity index (χ2v) is 5.32. The van der Waals surface area contributed by atoms with Gasteiger partial charge in [0.2, 0.25) is 0 Å². The molecule has 0 aliphatic carbocycles. The molecule has 116 valence electrons. The normalized spacial score (nSPS) is 11.0. The number of benzene rings is 2. The summed E-state index contributed by atoms with van der Waals surface area (Å²) in [5.74, 6) is -1.25. The van der Waals surface area contributed by atoms with Crippen LogP contribution in [0.4, 0.5) is 14.0 Å². The predicted octanol–water partition coefficient (Wildman–Crippen LogP) is 2.98. The van der Waals surface area contributed by atoms with Crippen LogP contribution in [0.3, 0.4) is 0 Å². The summed E-state index contributed by atoms with van der Waals surface area (Å²) in [6, 6.07) is 9.13. The Bertz CT molecular complexity index is 804. The summed E-state index contributed by atoms with van der Waals surface area (Å²) in [6.07, 6.45) is 0. The number of hydrogen-bond acceptors (Lipinski definition) is 4. The average molecular weight is 327 g/mol. The lowest BCUT2D eigenvalue weighted by atomic mass is 10.1. The van der Waals surface area contributed by atoms with E-state index >= 15 is 0 Å². The van der Waals surface area contributed by atoms with Crippen molar-refractivity contribution in [1.82, 2.24) is 0 Å². The van der Waals surface area contributed by atoms with E-state index in [1.165, 1.54) is 49.4 Å². The third-order valence-corrected chi connectivity index (χ3v) is 3.21. The van der Waals surface area contributed by atoms with E-state index < -0.39 is 22.2 Å². The van der Waals surface area contributed by atoms with Crippen LogP contribution in [0.15, 0.2) is 42.5 Å². The Kier molecular flexibility index (Phi) is 4.41. The molecule has 0 bridgehead atoms. The van der Waals surface area contributed by atoms with Crippen molar-refractivity contribution in [2.75, 3.05) is 5.32 Å². The summed E-state index contributed by atoms with van der Waals surface area (Å²) in [6.45, 7) is 1.48. The average Bonchev–Trinajstić information content (AvgIpc) is 2.42. The number of amides is 1. The molecule has 0 radical (unpaired) electrons. The molecule has 0 atom stereocenters. The molecule has 0 aliphatic heterocycles. The highest BCUT2D eigenvalue weighted by molar-refractivity contribution is 7.81. The zero-order valence-corrected chi connectivity index (χ0v) is 12.2. The van der Waals surface area contributed by atoms with Crippen LogP contribution in [-0.4, -0.2) is 14.3 Å². The Morgan fingerprint density at radius 1 is 1.14 bits per heavy atom. The first-order chi connectivity index (χ1) is 10.3. The van der Waals surface area contributed by atoms with Gasteiger partial charge in [-0.25, -0.2) is 4.39 Å². The Morgan fingerprint density at radius 3 is 2.36 bits per heavy atom. The van der Waals surface area contributed by atoms with Gasteiger partial charge in [-0.05, 0) is 48.9 Å². The molecule has 5 nitrogen and oxygen atoms in total. The third kappa shape index (κ3) is 4.01. The Labute approximate surface area is 126 Å². The standard InChI is InChI=1S/C14H11F2NO4S/c1-9-12(3-2-4-13(9)15)14(18)17-10-5-7-11(8-6-10)21-22(16,19)20/h2-8H,1H3,(H,17,18). The molecule has 0 aliphatic rings. The summed E-state index contributed by atoms with van der Waals surface area (Å²) in [7, 11) is -5.10. The van der Waals surface area contributed by atoms with Crippen LogP contribution in [-0.2, 0) is 10.5 Å². The smallest absolute Gasteiger partial charge is 0.358 e. The first-order valence-electron chi connectivity index (χ1n) is 6.07. The van der Waals surface area contributed by atoms with Crippen LogP contribution in [0, 0.1) is 12.7 Å². The molecular formula is C14H11F2NO4S. The summed E-state index contributed by atoms with van der Waals surface area (Å²) in [5, 5.41) is 2.51. The highest BCUT2D eigenvalue weighted by atomic mass is 32.3. The lowest BCUT2D eigenvalue weighted by Gasteiger charge is -2.08. The van der Waals surface area contributed by atoms with E-state index in [4.69, 9.17) is 0 Å². The molecule has 0 spiro atoms. The fraction of sp³-hybridized carbons (Fsp3) is 0.0714. The molecule has 0 unspecified atom stereocenters. The monoisotopic (exact) mass is 327 g/mol. The second-order valence-electron chi connectivity index (χ2n) is 4.37. The number of halogens is 2. The van der Waals surface area contributed by atoms with Crippen molar-refractivity contribution in [2.24, 2.45) is 0 Å². The largest absolute Gasteiger partial charge is 0.488 e. The van der Waals surface area contributed by atoms with E-state index in [0.29, 0.717) is 5.69 Å². The minimum atomic E-state index is -5.10. The minimum Gasteiger partial charge on any atom is -0.358 e. The quantitative estimate of drug-likeness (QED) is 0.876. The summed E-state index contributed by atoms with van der Waals surface area (Å²) >= 11 is 0. The van der Waals surface area contributed by atoms with Crippen LogP contribution >= 0.6 is 0 Å². The molecule has 0 aromatic heterocycles. The van der Waals surface area contributed by atoms with Crippen molar-refractivity contribution in [3.8, 4) is 5.75 Å². The minimum absolute atomic E-state index is 0.173. The van der Waals surface area contributed by atoms with Crippen LogP contribution in [0.25, 0.3) is 0 Å². The van der Waals surface area contributed by atoms with Gasteiger partial charge in [0, 0.05) is 11.3 Å².